The van der Waals surface area contributed by atoms with Crippen LogP contribution in [0.25, 0.3) is 5.52 Å². The molecule has 0 bridgehead atoms. The number of aromatic nitrogens is 5. The minimum Gasteiger partial charge on any atom is -0.307 e. The lowest BCUT2D eigenvalue weighted by Gasteiger charge is -1.99. The maximum atomic E-state index is 11.9. The van der Waals surface area contributed by atoms with E-state index in [2.05, 4.69) is 25.6 Å². The second-order valence-corrected chi connectivity index (χ2v) is 3.39. The smallest absolute Gasteiger partial charge is 0.260 e. The number of aromatic amines is 1. The van der Waals surface area contributed by atoms with Crippen molar-refractivity contribution in [3.63, 3.8) is 0 Å². The molecule has 0 atom stereocenters. The van der Waals surface area contributed by atoms with E-state index in [-0.39, 0.29) is 5.91 Å². The van der Waals surface area contributed by atoms with Crippen LogP contribution >= 0.6 is 0 Å². The molecule has 1 amide bonds. The van der Waals surface area contributed by atoms with Gasteiger partial charge < -0.3 is 5.32 Å². The van der Waals surface area contributed by atoms with Crippen LogP contribution in [-0.2, 0) is 0 Å². The molecule has 7 heteroatoms. The Bertz CT molecular complexity index is 656. The highest BCUT2D eigenvalue weighted by atomic mass is 16.1. The predicted octanol–water partition coefficient (Wildman–Crippen LogP) is 0.705. The number of H-pyrrole nitrogens is 1. The number of rotatable bonds is 2. The quantitative estimate of drug-likeness (QED) is 0.676. The van der Waals surface area contributed by atoms with Gasteiger partial charge in [0.1, 0.15) is 5.82 Å². The standard InChI is InChI=1S/C10H8N6O/c17-10(14-9-1-2-12-15-9)7-5-13-16-4-3-11-6-8(7)16/h1-6H,(H2,12,14,15,17). The summed E-state index contributed by atoms with van der Waals surface area (Å²) in [5, 5.41) is 13.1. The third-order valence-corrected chi connectivity index (χ3v) is 2.32. The molecule has 0 fully saturated rings. The third kappa shape index (κ3) is 1.63. The second-order valence-electron chi connectivity index (χ2n) is 3.39. The van der Waals surface area contributed by atoms with Crippen molar-refractivity contribution in [3.8, 4) is 0 Å². The van der Waals surface area contributed by atoms with E-state index in [0.29, 0.717) is 16.9 Å². The van der Waals surface area contributed by atoms with Gasteiger partial charge in [-0.2, -0.15) is 10.2 Å². The van der Waals surface area contributed by atoms with Gasteiger partial charge in [-0.05, 0) is 0 Å². The molecule has 0 saturated heterocycles. The summed E-state index contributed by atoms with van der Waals surface area (Å²) in [4.78, 5) is 15.9. The second kappa shape index (κ2) is 3.71. The molecule has 0 aliphatic carbocycles. The summed E-state index contributed by atoms with van der Waals surface area (Å²) in [7, 11) is 0. The van der Waals surface area contributed by atoms with Crippen LogP contribution in [-0.4, -0.2) is 30.7 Å². The lowest BCUT2D eigenvalue weighted by molar-refractivity contribution is 0.102. The van der Waals surface area contributed by atoms with Crippen molar-refractivity contribution in [2.24, 2.45) is 0 Å². The lowest BCUT2D eigenvalue weighted by atomic mass is 10.3. The first-order valence-corrected chi connectivity index (χ1v) is 4.93. The zero-order valence-electron chi connectivity index (χ0n) is 8.66. The Hall–Kier alpha value is -2.70. The van der Waals surface area contributed by atoms with Gasteiger partial charge in [-0.25, -0.2) is 4.52 Å². The van der Waals surface area contributed by atoms with Crippen molar-refractivity contribution in [2.45, 2.75) is 0 Å². The highest BCUT2D eigenvalue weighted by molar-refractivity contribution is 6.08. The molecule has 3 heterocycles. The molecule has 17 heavy (non-hydrogen) atoms. The zero-order valence-corrected chi connectivity index (χ0v) is 8.66. The fourth-order valence-electron chi connectivity index (χ4n) is 1.52. The van der Waals surface area contributed by atoms with E-state index in [1.54, 1.807) is 35.4 Å². The van der Waals surface area contributed by atoms with E-state index in [1.165, 1.54) is 6.20 Å². The van der Waals surface area contributed by atoms with E-state index in [1.807, 2.05) is 0 Å². The average Bonchev–Trinajstić information content (AvgIpc) is 2.96. The molecule has 0 aliphatic heterocycles. The first-order chi connectivity index (χ1) is 8.34. The van der Waals surface area contributed by atoms with Crippen LogP contribution in [0.4, 0.5) is 5.82 Å². The van der Waals surface area contributed by atoms with Crippen molar-refractivity contribution < 1.29 is 4.79 Å². The monoisotopic (exact) mass is 228 g/mol. The van der Waals surface area contributed by atoms with Gasteiger partial charge in [0.2, 0.25) is 0 Å². The number of carbonyl (C=O) groups is 1. The fraction of sp³-hybridized carbons (Fsp3) is 0. The summed E-state index contributed by atoms with van der Waals surface area (Å²) in [6.07, 6.45) is 7.95. The molecule has 7 nitrogen and oxygen atoms in total. The van der Waals surface area contributed by atoms with Gasteiger partial charge in [-0.3, -0.25) is 14.9 Å². The number of hydrogen-bond acceptors (Lipinski definition) is 4. The summed E-state index contributed by atoms with van der Waals surface area (Å²) >= 11 is 0. The Morgan fingerprint density at radius 2 is 2.29 bits per heavy atom. The fourth-order valence-corrected chi connectivity index (χ4v) is 1.52. The number of nitrogens with zero attached hydrogens (tertiary/aromatic N) is 4. The van der Waals surface area contributed by atoms with Crippen molar-refractivity contribution in [1.29, 1.82) is 0 Å². The van der Waals surface area contributed by atoms with E-state index in [0.717, 1.165) is 0 Å². The van der Waals surface area contributed by atoms with Crippen LogP contribution in [0.3, 0.4) is 0 Å². The van der Waals surface area contributed by atoms with Crippen LogP contribution in [0, 0.1) is 0 Å². The van der Waals surface area contributed by atoms with E-state index < -0.39 is 0 Å². The zero-order chi connectivity index (χ0) is 11.7. The lowest BCUT2D eigenvalue weighted by Crippen LogP contribution is -2.11. The summed E-state index contributed by atoms with van der Waals surface area (Å²) in [6.45, 7) is 0. The van der Waals surface area contributed by atoms with Gasteiger partial charge in [-0.1, -0.05) is 0 Å². The van der Waals surface area contributed by atoms with Crippen molar-refractivity contribution in [3.05, 3.63) is 42.6 Å². The first-order valence-electron chi connectivity index (χ1n) is 4.93. The topological polar surface area (TPSA) is 88.0 Å². The van der Waals surface area contributed by atoms with Gasteiger partial charge in [0, 0.05) is 18.5 Å². The molecule has 3 aromatic heterocycles. The number of fused-ring (bicyclic) bond motifs is 1. The van der Waals surface area contributed by atoms with Crippen LogP contribution in [0.15, 0.2) is 37.1 Å². The molecular formula is C10H8N6O. The van der Waals surface area contributed by atoms with Crippen LogP contribution in [0.1, 0.15) is 10.4 Å². The van der Waals surface area contributed by atoms with E-state index in [9.17, 15) is 4.79 Å². The van der Waals surface area contributed by atoms with E-state index >= 15 is 0 Å². The summed E-state index contributed by atoms with van der Waals surface area (Å²) < 4.78 is 1.59. The predicted molar refractivity (Wildman–Crippen MR) is 59.5 cm³/mol. The van der Waals surface area contributed by atoms with Crippen LogP contribution < -0.4 is 5.32 Å². The third-order valence-electron chi connectivity index (χ3n) is 2.32. The molecule has 0 spiro atoms. The summed E-state index contributed by atoms with van der Waals surface area (Å²) in [6, 6.07) is 1.67. The first kappa shape index (κ1) is 9.52. The maximum Gasteiger partial charge on any atom is 0.260 e. The Balaban J connectivity index is 1.96. The highest BCUT2D eigenvalue weighted by Crippen LogP contribution is 2.10. The van der Waals surface area contributed by atoms with Gasteiger partial charge in [0.05, 0.1) is 29.7 Å². The highest BCUT2D eigenvalue weighted by Gasteiger charge is 2.12. The molecule has 2 N–H and O–H groups in total. The molecule has 0 saturated carbocycles. The molecular weight excluding hydrogens is 220 g/mol. The molecule has 3 aromatic rings. The Labute approximate surface area is 95.5 Å². The number of hydrogen-bond donors (Lipinski definition) is 2. The van der Waals surface area contributed by atoms with Gasteiger partial charge in [0.15, 0.2) is 0 Å². The minimum atomic E-state index is -0.253. The Morgan fingerprint density at radius 3 is 3.12 bits per heavy atom. The number of anilines is 1. The Morgan fingerprint density at radius 1 is 1.35 bits per heavy atom. The number of nitrogens with one attached hydrogen (secondary N) is 2. The molecule has 0 unspecified atom stereocenters. The normalized spacial score (nSPS) is 10.6. The Kier molecular flexibility index (Phi) is 2.08. The molecule has 84 valence electrons. The van der Waals surface area contributed by atoms with Crippen LogP contribution in [0.5, 0.6) is 0 Å². The molecule has 0 aliphatic rings. The summed E-state index contributed by atoms with van der Waals surface area (Å²) in [5.41, 5.74) is 1.12. The van der Waals surface area contributed by atoms with Gasteiger partial charge in [-0.15, -0.1) is 0 Å². The molecule has 0 radical (unpaired) electrons. The van der Waals surface area contributed by atoms with Gasteiger partial charge in [0.25, 0.3) is 5.91 Å². The SMILES string of the molecule is O=C(Nc1ccn[nH]1)c1cnn2ccncc12. The van der Waals surface area contributed by atoms with Crippen molar-refractivity contribution in [2.75, 3.05) is 5.32 Å². The van der Waals surface area contributed by atoms with Crippen molar-refractivity contribution in [1.82, 2.24) is 24.8 Å². The van der Waals surface area contributed by atoms with Crippen molar-refractivity contribution >= 4 is 17.2 Å². The molecule has 3 rings (SSSR count). The van der Waals surface area contributed by atoms with Crippen LogP contribution in [0.2, 0.25) is 0 Å². The largest absolute Gasteiger partial charge is 0.307 e. The minimum absolute atomic E-state index is 0.253. The number of carbonyl (C=O) groups excluding carboxylic acids is 1. The average molecular weight is 228 g/mol. The van der Waals surface area contributed by atoms with E-state index in [4.69, 9.17) is 0 Å². The molecule has 0 aromatic carbocycles. The maximum absolute atomic E-state index is 11.9. The number of amides is 1. The summed E-state index contributed by atoms with van der Waals surface area (Å²) in [5.74, 6) is 0.287. The van der Waals surface area contributed by atoms with Gasteiger partial charge >= 0.3 is 0 Å².